The highest BCUT2D eigenvalue weighted by Gasteiger charge is 2.27. The summed E-state index contributed by atoms with van der Waals surface area (Å²) >= 11 is 1.92. The fourth-order valence-corrected chi connectivity index (χ4v) is 4.79. The lowest BCUT2D eigenvalue weighted by molar-refractivity contribution is 0.281. The molecule has 0 radical (unpaired) electrons. The number of rotatable bonds is 6. The average Bonchev–Trinajstić information content (AvgIpc) is 3.29. The monoisotopic (exact) mass is 488 g/mol. The van der Waals surface area contributed by atoms with Crippen LogP contribution in [-0.4, -0.2) is 67.3 Å². The van der Waals surface area contributed by atoms with Gasteiger partial charge in [-0.1, -0.05) is 25.1 Å². The highest BCUT2D eigenvalue weighted by Crippen LogP contribution is 2.23. The van der Waals surface area contributed by atoms with Crippen molar-refractivity contribution >= 4 is 41.7 Å². The smallest absolute Gasteiger partial charge is 0.193 e. The molecular formula is C20H33IN4S. The minimum atomic E-state index is 0. The molecule has 26 heavy (non-hydrogen) atoms. The molecular weight excluding hydrogens is 455 g/mol. The van der Waals surface area contributed by atoms with Gasteiger partial charge in [-0.25, -0.2) is 0 Å². The number of hydrogen-bond donors (Lipinski definition) is 1. The number of aliphatic imine (C=N–C) groups is 1. The summed E-state index contributed by atoms with van der Waals surface area (Å²) in [6.45, 7) is 9.38. The molecule has 0 bridgehead atoms. The molecule has 1 N–H and O–H groups in total. The number of thioether (sulfide) groups is 1. The van der Waals surface area contributed by atoms with Crippen molar-refractivity contribution in [1.82, 2.24) is 15.1 Å². The molecule has 4 nitrogen and oxygen atoms in total. The molecule has 2 aliphatic heterocycles. The zero-order valence-electron chi connectivity index (χ0n) is 16.1. The van der Waals surface area contributed by atoms with Crippen LogP contribution in [0.4, 0.5) is 0 Å². The van der Waals surface area contributed by atoms with Gasteiger partial charge in [0, 0.05) is 43.4 Å². The van der Waals surface area contributed by atoms with Crippen LogP contribution in [-0.2, 0) is 0 Å². The summed E-state index contributed by atoms with van der Waals surface area (Å²) < 4.78 is 0. The lowest BCUT2D eigenvalue weighted by atomic mass is 10.1. The number of guanidine groups is 1. The maximum absolute atomic E-state index is 4.52. The summed E-state index contributed by atoms with van der Waals surface area (Å²) in [7, 11) is 1.91. The fraction of sp³-hybridized carbons (Fsp3) is 0.650. The first-order valence-corrected chi connectivity index (χ1v) is 10.5. The van der Waals surface area contributed by atoms with E-state index in [0.29, 0.717) is 5.25 Å². The number of nitrogens with one attached hydrogen (secondary N) is 1. The van der Waals surface area contributed by atoms with Gasteiger partial charge < -0.3 is 15.1 Å². The van der Waals surface area contributed by atoms with Gasteiger partial charge in [0.05, 0.1) is 0 Å². The van der Waals surface area contributed by atoms with Crippen molar-refractivity contribution in [1.29, 1.82) is 0 Å². The van der Waals surface area contributed by atoms with Crippen molar-refractivity contribution in [3.63, 3.8) is 0 Å². The van der Waals surface area contributed by atoms with Crippen molar-refractivity contribution < 1.29 is 0 Å². The molecule has 0 saturated carbocycles. The molecule has 3 rings (SSSR count). The van der Waals surface area contributed by atoms with E-state index in [4.69, 9.17) is 0 Å². The van der Waals surface area contributed by atoms with Gasteiger partial charge in [-0.05, 0) is 50.4 Å². The van der Waals surface area contributed by atoms with Crippen LogP contribution >= 0.6 is 35.7 Å². The van der Waals surface area contributed by atoms with Gasteiger partial charge >= 0.3 is 0 Å². The Bertz CT molecular complexity index is 548. The molecule has 2 fully saturated rings. The molecule has 146 valence electrons. The van der Waals surface area contributed by atoms with E-state index in [1.807, 2.05) is 18.8 Å². The number of benzene rings is 1. The molecule has 2 aliphatic rings. The Kier molecular flexibility index (Phi) is 9.56. The van der Waals surface area contributed by atoms with Gasteiger partial charge in [-0.2, -0.15) is 0 Å². The number of nitrogens with zero attached hydrogens (tertiary/aromatic N) is 3. The van der Waals surface area contributed by atoms with Gasteiger partial charge in [0.25, 0.3) is 0 Å². The fourth-order valence-electron chi connectivity index (χ4n) is 3.84. The predicted molar refractivity (Wildman–Crippen MR) is 124 cm³/mol. The van der Waals surface area contributed by atoms with Gasteiger partial charge in [0.1, 0.15) is 0 Å². The first kappa shape index (κ1) is 21.8. The van der Waals surface area contributed by atoms with Crippen molar-refractivity contribution in [2.24, 2.45) is 10.9 Å². The maximum atomic E-state index is 4.52. The van der Waals surface area contributed by atoms with Gasteiger partial charge in [0.15, 0.2) is 5.96 Å². The lowest BCUT2D eigenvalue weighted by Gasteiger charge is -2.24. The molecule has 1 aromatic rings. The highest BCUT2D eigenvalue weighted by atomic mass is 127. The minimum Gasteiger partial charge on any atom is -0.355 e. The zero-order valence-corrected chi connectivity index (χ0v) is 19.2. The van der Waals surface area contributed by atoms with E-state index >= 15 is 0 Å². The molecule has 2 atom stereocenters. The number of hydrogen-bond acceptors (Lipinski definition) is 3. The Morgan fingerprint density at radius 2 is 1.96 bits per heavy atom. The molecule has 0 spiro atoms. The van der Waals surface area contributed by atoms with E-state index in [9.17, 15) is 0 Å². The Balaban J connectivity index is 0.00000243. The summed E-state index contributed by atoms with van der Waals surface area (Å²) in [5.74, 6) is 1.87. The average molecular weight is 488 g/mol. The Labute approximate surface area is 180 Å². The van der Waals surface area contributed by atoms with Crippen molar-refractivity contribution in [3.8, 4) is 0 Å². The number of halogens is 1. The minimum absolute atomic E-state index is 0. The topological polar surface area (TPSA) is 30.9 Å². The summed E-state index contributed by atoms with van der Waals surface area (Å²) in [6, 6.07) is 10.6. The zero-order chi connectivity index (χ0) is 17.5. The largest absolute Gasteiger partial charge is 0.355 e. The molecule has 0 amide bonds. The summed E-state index contributed by atoms with van der Waals surface area (Å²) in [5, 5.41) is 4.10. The lowest BCUT2D eigenvalue weighted by Crippen LogP contribution is -2.42. The summed E-state index contributed by atoms with van der Waals surface area (Å²) in [5.41, 5.74) is 0. The second kappa shape index (κ2) is 11.4. The molecule has 0 aromatic heterocycles. The predicted octanol–water partition coefficient (Wildman–Crippen LogP) is 3.78. The third-order valence-electron chi connectivity index (χ3n) is 5.14. The number of likely N-dealkylation sites (tertiary alicyclic amines) is 2. The quantitative estimate of drug-likeness (QED) is 0.286. The van der Waals surface area contributed by atoms with E-state index < -0.39 is 0 Å². The van der Waals surface area contributed by atoms with E-state index in [1.54, 1.807) is 0 Å². The highest BCUT2D eigenvalue weighted by molar-refractivity contribution is 14.0. The van der Waals surface area contributed by atoms with Gasteiger partial charge in [-0.3, -0.25) is 4.99 Å². The first-order valence-electron chi connectivity index (χ1n) is 9.64. The molecule has 6 heteroatoms. The Morgan fingerprint density at radius 1 is 1.23 bits per heavy atom. The second-order valence-electron chi connectivity index (χ2n) is 7.28. The van der Waals surface area contributed by atoms with E-state index in [0.717, 1.165) is 31.5 Å². The molecule has 1 aromatic carbocycles. The standard InChI is InChI=1S/C20H32N4S.HI/c1-17(25-19-8-4-3-5-9-19)14-22-20(21-2)24-13-10-18(16-24)15-23-11-6-7-12-23;/h3-5,8-9,17-18H,6-7,10-16H2,1-2H3,(H,21,22);1H. The molecule has 2 heterocycles. The van der Waals surface area contributed by atoms with Crippen molar-refractivity contribution in [2.45, 2.75) is 36.3 Å². The van der Waals surface area contributed by atoms with Crippen LogP contribution in [0.5, 0.6) is 0 Å². The van der Waals surface area contributed by atoms with E-state index in [-0.39, 0.29) is 24.0 Å². The van der Waals surface area contributed by atoms with Crippen LogP contribution in [0.25, 0.3) is 0 Å². The van der Waals surface area contributed by atoms with Crippen LogP contribution in [0.15, 0.2) is 40.2 Å². The maximum Gasteiger partial charge on any atom is 0.193 e. The molecule has 2 unspecified atom stereocenters. The van der Waals surface area contributed by atoms with Crippen molar-refractivity contribution in [3.05, 3.63) is 30.3 Å². The Morgan fingerprint density at radius 3 is 2.65 bits per heavy atom. The van der Waals surface area contributed by atoms with Crippen molar-refractivity contribution in [2.75, 3.05) is 46.3 Å². The Hall–Kier alpha value is -0.470. The van der Waals surface area contributed by atoms with Crippen LogP contribution in [0.2, 0.25) is 0 Å². The molecule has 2 saturated heterocycles. The van der Waals surface area contributed by atoms with Crippen LogP contribution in [0, 0.1) is 5.92 Å². The van der Waals surface area contributed by atoms with Crippen LogP contribution in [0.3, 0.4) is 0 Å². The first-order chi connectivity index (χ1) is 12.2. The van der Waals surface area contributed by atoms with Gasteiger partial charge in [-0.15, -0.1) is 35.7 Å². The van der Waals surface area contributed by atoms with E-state index in [2.05, 4.69) is 57.4 Å². The van der Waals surface area contributed by atoms with Crippen LogP contribution in [0.1, 0.15) is 26.2 Å². The summed E-state index contributed by atoms with van der Waals surface area (Å²) in [6.07, 6.45) is 4.07. The third-order valence-corrected chi connectivity index (χ3v) is 6.25. The normalized spacial score (nSPS) is 22.3. The summed E-state index contributed by atoms with van der Waals surface area (Å²) in [4.78, 5) is 10.9. The molecule has 0 aliphatic carbocycles. The van der Waals surface area contributed by atoms with Gasteiger partial charge in [0.2, 0.25) is 0 Å². The second-order valence-corrected chi connectivity index (χ2v) is 8.79. The third kappa shape index (κ3) is 6.60. The van der Waals surface area contributed by atoms with E-state index in [1.165, 1.54) is 43.8 Å². The SMILES string of the molecule is CN=C(NCC(C)Sc1ccccc1)N1CCC(CN2CCCC2)C1.I. The van der Waals surface area contributed by atoms with Crippen LogP contribution < -0.4 is 5.32 Å².